The van der Waals surface area contributed by atoms with Gasteiger partial charge in [-0.15, -0.1) is 0 Å². The molecule has 0 aliphatic carbocycles. The molecule has 0 aliphatic heterocycles. The van der Waals surface area contributed by atoms with Gasteiger partial charge in [-0.25, -0.2) is 4.98 Å². The summed E-state index contributed by atoms with van der Waals surface area (Å²) in [4.78, 5) is 15.4. The molecule has 4 N–H and O–H groups in total. The molecular formula is C20H21N3O2. The van der Waals surface area contributed by atoms with Gasteiger partial charge in [-0.05, 0) is 36.4 Å². The Labute approximate surface area is 146 Å². The lowest BCUT2D eigenvalue weighted by Gasteiger charge is -2.15. The van der Waals surface area contributed by atoms with Gasteiger partial charge >= 0.3 is 5.97 Å². The molecule has 1 heterocycles. The smallest absolute Gasteiger partial charge is 0.303 e. The number of fused-ring (bicyclic) bond motifs is 1. The van der Waals surface area contributed by atoms with Crippen molar-refractivity contribution in [1.29, 1.82) is 0 Å². The Morgan fingerprint density at radius 1 is 1.16 bits per heavy atom. The van der Waals surface area contributed by atoms with Crippen LogP contribution < -0.4 is 11.1 Å². The van der Waals surface area contributed by atoms with Crippen LogP contribution in [0.4, 0.5) is 11.5 Å². The summed E-state index contributed by atoms with van der Waals surface area (Å²) in [6, 6.07) is 15.9. The molecule has 0 aliphatic rings. The number of pyridine rings is 1. The number of hydrogen-bond acceptors (Lipinski definition) is 4. The van der Waals surface area contributed by atoms with E-state index in [1.165, 1.54) is 0 Å². The van der Waals surface area contributed by atoms with E-state index in [9.17, 15) is 4.79 Å². The zero-order valence-corrected chi connectivity index (χ0v) is 14.1. The maximum absolute atomic E-state index is 10.7. The Morgan fingerprint density at radius 2 is 1.92 bits per heavy atom. The number of aromatic nitrogens is 1. The number of rotatable bonds is 6. The second kappa shape index (κ2) is 7.21. The van der Waals surface area contributed by atoms with Gasteiger partial charge in [0.15, 0.2) is 0 Å². The molecule has 1 aromatic heterocycles. The van der Waals surface area contributed by atoms with Crippen molar-refractivity contribution in [2.45, 2.75) is 19.8 Å². The topological polar surface area (TPSA) is 88.2 Å². The van der Waals surface area contributed by atoms with Crippen LogP contribution in [-0.2, 0) is 4.79 Å². The van der Waals surface area contributed by atoms with Crippen LogP contribution in [0.5, 0.6) is 0 Å². The van der Waals surface area contributed by atoms with Crippen molar-refractivity contribution in [3.63, 3.8) is 0 Å². The van der Waals surface area contributed by atoms with E-state index in [4.69, 9.17) is 15.8 Å². The van der Waals surface area contributed by atoms with Gasteiger partial charge in [0.25, 0.3) is 0 Å². The van der Waals surface area contributed by atoms with E-state index >= 15 is 0 Å². The van der Waals surface area contributed by atoms with Crippen molar-refractivity contribution in [1.82, 2.24) is 4.98 Å². The minimum absolute atomic E-state index is 0.144. The number of anilines is 2. The fourth-order valence-corrected chi connectivity index (χ4v) is 3.03. The van der Waals surface area contributed by atoms with E-state index in [1.54, 1.807) is 0 Å². The monoisotopic (exact) mass is 335 g/mol. The van der Waals surface area contributed by atoms with Gasteiger partial charge in [0.05, 0.1) is 0 Å². The van der Waals surface area contributed by atoms with Gasteiger partial charge in [0, 0.05) is 35.3 Å². The molecular weight excluding hydrogens is 314 g/mol. The number of aryl methyl sites for hydroxylation is 1. The number of nitrogens with two attached hydrogens (primary N) is 1. The third-order valence-corrected chi connectivity index (χ3v) is 4.13. The van der Waals surface area contributed by atoms with E-state index in [-0.39, 0.29) is 6.42 Å². The molecule has 128 valence electrons. The summed E-state index contributed by atoms with van der Waals surface area (Å²) in [6.45, 7) is 2.55. The van der Waals surface area contributed by atoms with Gasteiger partial charge in [-0.1, -0.05) is 36.4 Å². The van der Waals surface area contributed by atoms with Crippen LogP contribution in [-0.4, -0.2) is 22.6 Å². The Morgan fingerprint density at radius 3 is 2.64 bits per heavy atom. The molecule has 0 fully saturated rings. The predicted octanol–water partition coefficient (Wildman–Crippen LogP) is 4.07. The lowest BCUT2D eigenvalue weighted by atomic mass is 9.97. The standard InChI is InChI=1S/C20H21N3O2/c1-13-19(14-6-4-7-15(21)12-14)16-8-2-3-9-17(16)20(23-13)22-11-5-10-18(24)25/h2-4,6-9,12H,5,10-11,21H2,1H3,(H,22,23)(H,24,25). The van der Waals surface area contributed by atoms with Crippen molar-refractivity contribution in [2.75, 3.05) is 17.6 Å². The first-order valence-electron chi connectivity index (χ1n) is 8.27. The van der Waals surface area contributed by atoms with Crippen molar-refractivity contribution >= 4 is 28.2 Å². The normalized spacial score (nSPS) is 10.8. The lowest BCUT2D eigenvalue weighted by Crippen LogP contribution is -2.07. The summed E-state index contributed by atoms with van der Waals surface area (Å²) in [5, 5.41) is 14.1. The molecule has 0 saturated carbocycles. The SMILES string of the molecule is Cc1nc(NCCCC(=O)O)c2ccccc2c1-c1cccc(N)c1. The maximum atomic E-state index is 10.7. The molecule has 0 spiro atoms. The van der Waals surface area contributed by atoms with Gasteiger partial charge in [-0.2, -0.15) is 0 Å². The molecule has 5 nitrogen and oxygen atoms in total. The van der Waals surface area contributed by atoms with Crippen LogP contribution >= 0.6 is 0 Å². The lowest BCUT2D eigenvalue weighted by molar-refractivity contribution is -0.137. The first kappa shape index (κ1) is 16.8. The van der Waals surface area contributed by atoms with Crippen LogP contribution in [0.25, 0.3) is 21.9 Å². The van der Waals surface area contributed by atoms with Crippen LogP contribution in [0.15, 0.2) is 48.5 Å². The highest BCUT2D eigenvalue weighted by Crippen LogP contribution is 2.34. The summed E-state index contributed by atoms with van der Waals surface area (Å²) in [5.41, 5.74) is 9.68. The zero-order valence-electron chi connectivity index (χ0n) is 14.1. The molecule has 0 saturated heterocycles. The van der Waals surface area contributed by atoms with E-state index in [2.05, 4.69) is 11.4 Å². The third kappa shape index (κ3) is 3.71. The van der Waals surface area contributed by atoms with Gasteiger partial charge in [0.1, 0.15) is 5.82 Å². The van der Waals surface area contributed by atoms with Gasteiger partial charge in [0.2, 0.25) is 0 Å². The molecule has 2 aromatic carbocycles. The second-order valence-corrected chi connectivity index (χ2v) is 6.02. The second-order valence-electron chi connectivity index (χ2n) is 6.02. The molecule has 0 atom stereocenters. The summed E-state index contributed by atoms with van der Waals surface area (Å²) in [7, 11) is 0. The predicted molar refractivity (Wildman–Crippen MR) is 102 cm³/mol. The van der Waals surface area contributed by atoms with Crippen LogP contribution in [0.2, 0.25) is 0 Å². The fraction of sp³-hybridized carbons (Fsp3) is 0.200. The molecule has 0 radical (unpaired) electrons. The Kier molecular flexibility index (Phi) is 4.84. The number of carboxylic acids is 1. The number of carboxylic acid groups (broad SMARTS) is 1. The number of hydrogen-bond donors (Lipinski definition) is 3. The van der Waals surface area contributed by atoms with Gasteiger partial charge in [-0.3, -0.25) is 4.79 Å². The Hall–Kier alpha value is -3.08. The van der Waals surface area contributed by atoms with Crippen molar-refractivity contribution < 1.29 is 9.90 Å². The van der Waals surface area contributed by atoms with Crippen molar-refractivity contribution in [3.05, 3.63) is 54.2 Å². The van der Waals surface area contributed by atoms with E-state index in [0.29, 0.717) is 13.0 Å². The molecule has 3 aromatic rings. The van der Waals surface area contributed by atoms with Crippen LogP contribution in [0, 0.1) is 6.92 Å². The number of nitrogens with one attached hydrogen (secondary N) is 1. The van der Waals surface area contributed by atoms with Crippen LogP contribution in [0.1, 0.15) is 18.5 Å². The number of carbonyl (C=O) groups is 1. The quantitative estimate of drug-likeness (QED) is 0.467. The minimum atomic E-state index is -0.784. The number of aliphatic carboxylic acids is 1. The molecule has 0 unspecified atom stereocenters. The largest absolute Gasteiger partial charge is 0.481 e. The highest BCUT2D eigenvalue weighted by molar-refractivity contribution is 6.03. The summed E-state index contributed by atoms with van der Waals surface area (Å²) < 4.78 is 0. The average molecular weight is 335 g/mol. The summed E-state index contributed by atoms with van der Waals surface area (Å²) in [6.07, 6.45) is 0.701. The van der Waals surface area contributed by atoms with Crippen molar-refractivity contribution in [3.8, 4) is 11.1 Å². The first-order valence-corrected chi connectivity index (χ1v) is 8.27. The summed E-state index contributed by atoms with van der Waals surface area (Å²) in [5.74, 6) is -0.000969. The molecule has 25 heavy (non-hydrogen) atoms. The van der Waals surface area contributed by atoms with Crippen molar-refractivity contribution in [2.24, 2.45) is 0 Å². The molecule has 0 bridgehead atoms. The minimum Gasteiger partial charge on any atom is -0.481 e. The average Bonchev–Trinajstić information content (AvgIpc) is 2.58. The van der Waals surface area contributed by atoms with Gasteiger partial charge < -0.3 is 16.2 Å². The molecule has 5 heteroatoms. The zero-order chi connectivity index (χ0) is 17.8. The first-order chi connectivity index (χ1) is 12.1. The highest BCUT2D eigenvalue weighted by Gasteiger charge is 2.13. The van der Waals surface area contributed by atoms with Crippen LogP contribution in [0.3, 0.4) is 0 Å². The summed E-state index contributed by atoms with van der Waals surface area (Å²) >= 11 is 0. The Balaban J connectivity index is 2.02. The molecule has 3 rings (SSSR count). The molecule has 0 amide bonds. The van der Waals surface area contributed by atoms with E-state index < -0.39 is 5.97 Å². The maximum Gasteiger partial charge on any atom is 0.303 e. The van der Waals surface area contributed by atoms with E-state index in [0.717, 1.165) is 39.1 Å². The fourth-order valence-electron chi connectivity index (χ4n) is 3.03. The number of benzene rings is 2. The Bertz CT molecular complexity index is 922. The highest BCUT2D eigenvalue weighted by atomic mass is 16.4. The number of nitrogens with zero attached hydrogens (tertiary/aromatic N) is 1. The van der Waals surface area contributed by atoms with E-state index in [1.807, 2.05) is 49.4 Å². The third-order valence-electron chi connectivity index (χ3n) is 4.13. The number of nitrogen functional groups attached to an aromatic ring is 1.